The molecule has 3 aromatic rings. The van der Waals surface area contributed by atoms with Gasteiger partial charge in [-0.05, 0) is 19.9 Å². The molecule has 1 N–H and O–H groups in total. The van der Waals surface area contributed by atoms with Gasteiger partial charge in [0.05, 0.1) is 7.11 Å². The molecule has 0 aliphatic rings. The van der Waals surface area contributed by atoms with E-state index < -0.39 is 5.25 Å². The minimum atomic E-state index is -0.438. The summed E-state index contributed by atoms with van der Waals surface area (Å²) < 4.78 is 6.32. The predicted molar refractivity (Wildman–Crippen MR) is 90.9 cm³/mol. The molecule has 0 fully saturated rings. The Hall–Kier alpha value is -2.28. The molecule has 0 saturated heterocycles. The summed E-state index contributed by atoms with van der Waals surface area (Å²) in [4.78, 5) is 32.2. The van der Waals surface area contributed by atoms with E-state index >= 15 is 0 Å². The molecule has 0 amide bonds. The average molecular weight is 331 g/mol. The predicted octanol–water partition coefficient (Wildman–Crippen LogP) is 2.55. The topological polar surface area (TPSA) is 77.0 Å². The Balaban J connectivity index is 2.22. The summed E-state index contributed by atoms with van der Waals surface area (Å²) in [6.07, 6.45) is 0. The Bertz CT molecular complexity index is 945. The van der Waals surface area contributed by atoms with Gasteiger partial charge in [-0.1, -0.05) is 30.0 Å². The van der Waals surface area contributed by atoms with E-state index in [2.05, 4.69) is 9.97 Å². The van der Waals surface area contributed by atoms with Gasteiger partial charge in [-0.3, -0.25) is 14.2 Å². The van der Waals surface area contributed by atoms with E-state index in [9.17, 15) is 9.59 Å². The number of thioether (sulfide) groups is 1. The number of hydrogen-bond donors (Lipinski definition) is 1. The highest BCUT2D eigenvalue weighted by Crippen LogP contribution is 2.26. The first-order valence-electron chi connectivity index (χ1n) is 7.32. The summed E-state index contributed by atoms with van der Waals surface area (Å²) in [7, 11) is 1.35. The van der Waals surface area contributed by atoms with Crippen molar-refractivity contribution < 1.29 is 9.53 Å². The molecule has 1 atom stereocenters. The summed E-state index contributed by atoms with van der Waals surface area (Å²) in [5.74, 6) is -0.342. The van der Waals surface area contributed by atoms with Crippen LogP contribution in [0.25, 0.3) is 21.9 Å². The Morgan fingerprint density at radius 3 is 2.87 bits per heavy atom. The molecule has 1 unspecified atom stereocenters. The third kappa shape index (κ3) is 2.61. The minimum Gasteiger partial charge on any atom is -0.468 e. The number of fused-ring (bicyclic) bond motifs is 3. The summed E-state index contributed by atoms with van der Waals surface area (Å²) in [5, 5.41) is 0.982. The van der Waals surface area contributed by atoms with Crippen molar-refractivity contribution in [3.63, 3.8) is 0 Å². The lowest BCUT2D eigenvalue weighted by molar-refractivity contribution is -0.139. The zero-order valence-corrected chi connectivity index (χ0v) is 13.9. The number of H-pyrrole nitrogens is 1. The van der Waals surface area contributed by atoms with Crippen molar-refractivity contribution in [1.82, 2.24) is 14.5 Å². The molecule has 0 aliphatic heterocycles. The molecule has 1 aromatic carbocycles. The van der Waals surface area contributed by atoms with Crippen molar-refractivity contribution in [2.45, 2.75) is 30.8 Å². The molecule has 0 radical (unpaired) electrons. The molecule has 2 heterocycles. The molecule has 2 aromatic heterocycles. The van der Waals surface area contributed by atoms with Gasteiger partial charge in [0.1, 0.15) is 16.3 Å². The molecular weight excluding hydrogens is 314 g/mol. The number of para-hydroxylation sites is 1. The van der Waals surface area contributed by atoms with Gasteiger partial charge in [0, 0.05) is 17.4 Å². The van der Waals surface area contributed by atoms with Gasteiger partial charge < -0.3 is 9.72 Å². The normalized spacial score (nSPS) is 12.7. The maximum Gasteiger partial charge on any atom is 0.318 e. The lowest BCUT2D eigenvalue weighted by atomic mass is 10.2. The molecule has 120 valence electrons. The molecule has 6 nitrogen and oxygen atoms in total. The molecule has 3 rings (SSSR count). The number of carbonyl (C=O) groups excluding carboxylic acids is 1. The summed E-state index contributed by atoms with van der Waals surface area (Å²) in [5.41, 5.74) is 1.86. The van der Waals surface area contributed by atoms with Crippen LogP contribution in [0.1, 0.15) is 13.8 Å². The van der Waals surface area contributed by atoms with Crippen molar-refractivity contribution in [1.29, 1.82) is 0 Å². The van der Waals surface area contributed by atoms with E-state index in [1.54, 1.807) is 11.5 Å². The number of carbonyl (C=O) groups is 1. The molecule has 7 heteroatoms. The maximum absolute atomic E-state index is 12.7. The largest absolute Gasteiger partial charge is 0.468 e. The quantitative estimate of drug-likeness (QED) is 0.452. The van der Waals surface area contributed by atoms with Crippen molar-refractivity contribution in [3.05, 3.63) is 34.6 Å². The number of ether oxygens (including phenoxy) is 1. The first-order valence-corrected chi connectivity index (χ1v) is 8.20. The van der Waals surface area contributed by atoms with E-state index in [1.165, 1.54) is 18.9 Å². The van der Waals surface area contributed by atoms with Crippen LogP contribution in [0.5, 0.6) is 0 Å². The summed E-state index contributed by atoms with van der Waals surface area (Å²) in [6.45, 7) is 4.10. The standard InChI is InChI=1S/C16H17N3O3S/c1-4-19-14(20)13-12(10-7-5-6-8-11(10)17-13)18-16(19)23-9(2)15(21)22-3/h5-9,17H,4H2,1-3H3. The second kappa shape index (κ2) is 6.08. The summed E-state index contributed by atoms with van der Waals surface area (Å²) in [6, 6.07) is 7.66. The smallest absolute Gasteiger partial charge is 0.318 e. The van der Waals surface area contributed by atoms with Crippen LogP contribution < -0.4 is 5.56 Å². The maximum atomic E-state index is 12.7. The number of nitrogens with one attached hydrogen (secondary N) is 1. The number of aromatic amines is 1. The fourth-order valence-corrected chi connectivity index (χ4v) is 3.51. The van der Waals surface area contributed by atoms with Crippen molar-refractivity contribution in [2.24, 2.45) is 0 Å². The van der Waals surface area contributed by atoms with Crippen LogP contribution in [0.3, 0.4) is 0 Å². The van der Waals surface area contributed by atoms with Crippen LogP contribution in [-0.2, 0) is 16.1 Å². The highest BCUT2D eigenvalue weighted by molar-refractivity contribution is 8.00. The lowest BCUT2D eigenvalue weighted by Crippen LogP contribution is -2.24. The van der Waals surface area contributed by atoms with E-state index in [0.29, 0.717) is 22.7 Å². The average Bonchev–Trinajstić information content (AvgIpc) is 2.93. The van der Waals surface area contributed by atoms with E-state index in [-0.39, 0.29) is 11.5 Å². The minimum absolute atomic E-state index is 0.131. The number of nitrogens with zero attached hydrogens (tertiary/aromatic N) is 2. The van der Waals surface area contributed by atoms with Crippen molar-refractivity contribution in [3.8, 4) is 0 Å². The first-order chi connectivity index (χ1) is 11.1. The van der Waals surface area contributed by atoms with Gasteiger partial charge in [-0.25, -0.2) is 4.98 Å². The van der Waals surface area contributed by atoms with E-state index in [1.807, 2.05) is 31.2 Å². The van der Waals surface area contributed by atoms with Gasteiger partial charge >= 0.3 is 5.97 Å². The SMILES string of the molecule is CCn1c(SC(C)C(=O)OC)nc2c([nH]c3ccccc32)c1=O. The first kappa shape index (κ1) is 15.6. The van der Waals surface area contributed by atoms with Crippen LogP contribution >= 0.6 is 11.8 Å². The van der Waals surface area contributed by atoms with Crippen LogP contribution in [0.4, 0.5) is 0 Å². The van der Waals surface area contributed by atoms with Gasteiger partial charge in [0.2, 0.25) is 0 Å². The number of aromatic nitrogens is 3. The number of esters is 1. The third-order valence-electron chi connectivity index (χ3n) is 3.71. The zero-order chi connectivity index (χ0) is 16.6. The highest BCUT2D eigenvalue weighted by atomic mass is 32.2. The van der Waals surface area contributed by atoms with E-state index in [0.717, 1.165) is 10.9 Å². The molecule has 0 aliphatic carbocycles. The number of methoxy groups -OCH3 is 1. The van der Waals surface area contributed by atoms with Gasteiger partial charge in [0.15, 0.2) is 5.16 Å². The van der Waals surface area contributed by atoms with Crippen LogP contribution in [-0.4, -0.2) is 32.9 Å². The van der Waals surface area contributed by atoms with E-state index in [4.69, 9.17) is 4.74 Å². The molecule has 23 heavy (non-hydrogen) atoms. The van der Waals surface area contributed by atoms with Gasteiger partial charge in [0.25, 0.3) is 5.56 Å². The number of benzene rings is 1. The lowest BCUT2D eigenvalue weighted by Gasteiger charge is -2.13. The fourth-order valence-electron chi connectivity index (χ4n) is 2.52. The Kier molecular flexibility index (Phi) is 4.12. The monoisotopic (exact) mass is 331 g/mol. The second-order valence-electron chi connectivity index (χ2n) is 5.12. The molecule has 0 spiro atoms. The summed E-state index contributed by atoms with van der Waals surface area (Å²) >= 11 is 1.23. The Morgan fingerprint density at radius 1 is 1.43 bits per heavy atom. The second-order valence-corrected chi connectivity index (χ2v) is 6.43. The number of rotatable bonds is 4. The van der Waals surface area contributed by atoms with Crippen molar-refractivity contribution in [2.75, 3.05) is 7.11 Å². The van der Waals surface area contributed by atoms with Gasteiger partial charge in [-0.2, -0.15) is 0 Å². The number of hydrogen-bond acceptors (Lipinski definition) is 5. The Morgan fingerprint density at radius 2 is 2.17 bits per heavy atom. The van der Waals surface area contributed by atoms with Crippen LogP contribution in [0.2, 0.25) is 0 Å². The Labute approximate surface area is 136 Å². The van der Waals surface area contributed by atoms with Crippen LogP contribution in [0.15, 0.2) is 34.2 Å². The van der Waals surface area contributed by atoms with Gasteiger partial charge in [-0.15, -0.1) is 0 Å². The van der Waals surface area contributed by atoms with Crippen LogP contribution in [0, 0.1) is 0 Å². The zero-order valence-electron chi connectivity index (χ0n) is 13.1. The third-order valence-corrected chi connectivity index (χ3v) is 4.78. The molecular formula is C16H17N3O3S. The highest BCUT2D eigenvalue weighted by Gasteiger charge is 2.20. The van der Waals surface area contributed by atoms with Crippen molar-refractivity contribution >= 4 is 39.7 Å². The fraction of sp³-hybridized carbons (Fsp3) is 0.312. The molecule has 0 bridgehead atoms. The molecule has 0 saturated carbocycles.